The maximum absolute atomic E-state index is 12.6. The van der Waals surface area contributed by atoms with Gasteiger partial charge in [0.05, 0.1) is 0 Å². The van der Waals surface area contributed by atoms with Gasteiger partial charge >= 0.3 is 0 Å². The minimum absolute atomic E-state index is 0. The summed E-state index contributed by atoms with van der Waals surface area (Å²) in [6.45, 7) is 10.4. The Bertz CT molecular complexity index is 390. The van der Waals surface area contributed by atoms with Crippen molar-refractivity contribution < 1.29 is 8.42 Å². The molecule has 1 fully saturated rings. The monoisotopic (exact) mass is 327 g/mol. The molecule has 2 N–H and O–H groups in total. The van der Waals surface area contributed by atoms with E-state index >= 15 is 0 Å². The van der Waals surface area contributed by atoms with E-state index in [1.54, 1.807) is 11.4 Å². The summed E-state index contributed by atoms with van der Waals surface area (Å²) in [5, 5.41) is 0. The third-order valence-corrected chi connectivity index (χ3v) is 5.63. The van der Waals surface area contributed by atoms with Crippen LogP contribution in [-0.4, -0.2) is 50.3 Å². The van der Waals surface area contributed by atoms with Gasteiger partial charge in [-0.3, -0.25) is 0 Å². The zero-order valence-electron chi connectivity index (χ0n) is 13.3. The lowest BCUT2D eigenvalue weighted by Crippen LogP contribution is -2.50. The Labute approximate surface area is 130 Å². The van der Waals surface area contributed by atoms with Gasteiger partial charge in [0.25, 0.3) is 10.2 Å². The summed E-state index contributed by atoms with van der Waals surface area (Å²) >= 11 is 0. The Morgan fingerprint density at radius 2 is 1.70 bits per heavy atom. The van der Waals surface area contributed by atoms with Gasteiger partial charge in [0.1, 0.15) is 0 Å². The van der Waals surface area contributed by atoms with Crippen LogP contribution in [0, 0.1) is 17.3 Å². The van der Waals surface area contributed by atoms with Crippen LogP contribution in [0.2, 0.25) is 0 Å². The second kappa shape index (κ2) is 7.40. The molecule has 0 aromatic carbocycles. The number of piperidine rings is 1. The smallest absolute Gasteiger partial charge is 0.281 e. The molecule has 0 spiro atoms. The molecule has 0 aromatic rings. The van der Waals surface area contributed by atoms with E-state index in [4.69, 9.17) is 5.73 Å². The minimum atomic E-state index is -3.36. The average molecular weight is 328 g/mol. The van der Waals surface area contributed by atoms with Gasteiger partial charge in [0.15, 0.2) is 0 Å². The zero-order valence-corrected chi connectivity index (χ0v) is 14.9. The van der Waals surface area contributed by atoms with E-state index in [2.05, 4.69) is 13.8 Å². The van der Waals surface area contributed by atoms with Crippen molar-refractivity contribution in [3.63, 3.8) is 0 Å². The zero-order chi connectivity index (χ0) is 14.8. The molecule has 1 saturated heterocycles. The summed E-state index contributed by atoms with van der Waals surface area (Å²) in [5.74, 6) is 0.851. The second-order valence-corrected chi connectivity index (χ2v) is 8.93. The standard InChI is InChI=1S/C13H29N3O2S.ClH/c1-11-6-12(2)8-16(7-11)19(17,18)15(5)10-13(3,4)9-14;/h11-12H,6-10,14H2,1-5H3;1H. The molecular formula is C13H30ClN3O2S. The van der Waals surface area contributed by atoms with Crippen LogP contribution in [0.4, 0.5) is 0 Å². The van der Waals surface area contributed by atoms with Gasteiger partial charge in [0, 0.05) is 26.7 Å². The summed E-state index contributed by atoms with van der Waals surface area (Å²) in [6.07, 6.45) is 1.10. The predicted octanol–water partition coefficient (Wildman–Crippen LogP) is 1.55. The van der Waals surface area contributed by atoms with Crippen molar-refractivity contribution in [3.8, 4) is 0 Å². The number of halogens is 1. The van der Waals surface area contributed by atoms with E-state index in [1.807, 2.05) is 13.8 Å². The van der Waals surface area contributed by atoms with Crippen LogP contribution < -0.4 is 5.73 Å². The Hall–Kier alpha value is 0.120. The Morgan fingerprint density at radius 3 is 2.10 bits per heavy atom. The highest BCUT2D eigenvalue weighted by atomic mass is 35.5. The number of hydrogen-bond donors (Lipinski definition) is 1. The third-order valence-electron chi connectivity index (χ3n) is 3.76. The minimum Gasteiger partial charge on any atom is -0.330 e. The molecule has 1 rings (SSSR count). The van der Waals surface area contributed by atoms with Crippen molar-refractivity contribution in [2.75, 3.05) is 33.2 Å². The molecule has 122 valence electrons. The van der Waals surface area contributed by atoms with Crippen LogP contribution in [0.1, 0.15) is 34.1 Å². The summed E-state index contributed by atoms with van der Waals surface area (Å²) in [6, 6.07) is 0. The van der Waals surface area contributed by atoms with Gasteiger partial charge in [-0.15, -0.1) is 12.4 Å². The first-order valence-electron chi connectivity index (χ1n) is 7.00. The van der Waals surface area contributed by atoms with Gasteiger partial charge < -0.3 is 5.73 Å². The molecule has 0 bridgehead atoms. The number of hydrogen-bond acceptors (Lipinski definition) is 3. The molecule has 2 unspecified atom stereocenters. The molecule has 7 heteroatoms. The van der Waals surface area contributed by atoms with Gasteiger partial charge in [-0.05, 0) is 30.2 Å². The maximum Gasteiger partial charge on any atom is 0.281 e. The fourth-order valence-corrected chi connectivity index (χ4v) is 4.53. The first-order valence-corrected chi connectivity index (χ1v) is 8.39. The van der Waals surface area contributed by atoms with Crippen LogP contribution in [0.25, 0.3) is 0 Å². The number of nitrogens with zero attached hydrogens (tertiary/aromatic N) is 2. The van der Waals surface area contributed by atoms with E-state index in [-0.39, 0.29) is 17.8 Å². The van der Waals surface area contributed by atoms with Crippen LogP contribution >= 0.6 is 12.4 Å². The van der Waals surface area contributed by atoms with Crippen molar-refractivity contribution in [2.45, 2.75) is 34.1 Å². The summed E-state index contributed by atoms with van der Waals surface area (Å²) < 4.78 is 28.2. The number of nitrogens with two attached hydrogens (primary N) is 1. The van der Waals surface area contributed by atoms with Gasteiger partial charge in [-0.25, -0.2) is 0 Å². The molecule has 0 saturated carbocycles. The lowest BCUT2D eigenvalue weighted by atomic mass is 9.94. The summed E-state index contributed by atoms with van der Waals surface area (Å²) in [4.78, 5) is 0. The highest BCUT2D eigenvalue weighted by Crippen LogP contribution is 2.25. The maximum atomic E-state index is 12.6. The lowest BCUT2D eigenvalue weighted by Gasteiger charge is -2.38. The highest BCUT2D eigenvalue weighted by molar-refractivity contribution is 7.86. The predicted molar refractivity (Wildman–Crippen MR) is 86.2 cm³/mol. The van der Waals surface area contributed by atoms with Crippen molar-refractivity contribution in [1.82, 2.24) is 8.61 Å². The molecule has 0 aromatic heterocycles. The molecule has 0 aliphatic carbocycles. The SMILES string of the molecule is CC1CC(C)CN(S(=O)(=O)N(C)CC(C)(C)CN)C1.Cl. The molecule has 20 heavy (non-hydrogen) atoms. The largest absolute Gasteiger partial charge is 0.330 e. The quantitative estimate of drug-likeness (QED) is 0.833. The van der Waals surface area contributed by atoms with Crippen LogP contribution in [-0.2, 0) is 10.2 Å². The number of rotatable bonds is 5. The molecular weight excluding hydrogens is 298 g/mol. The molecule has 1 aliphatic heterocycles. The van der Waals surface area contributed by atoms with Crippen molar-refractivity contribution in [3.05, 3.63) is 0 Å². The van der Waals surface area contributed by atoms with Gasteiger partial charge in [0.2, 0.25) is 0 Å². The molecule has 5 nitrogen and oxygen atoms in total. The van der Waals surface area contributed by atoms with Crippen LogP contribution in [0.5, 0.6) is 0 Å². The second-order valence-electron chi connectivity index (χ2n) is 6.90. The normalized spacial score (nSPS) is 25.6. The summed E-state index contributed by atoms with van der Waals surface area (Å²) in [7, 11) is -1.71. The molecule has 0 radical (unpaired) electrons. The molecule has 0 amide bonds. The highest BCUT2D eigenvalue weighted by Gasteiger charge is 2.35. The Kier molecular flexibility index (Phi) is 7.45. The fraction of sp³-hybridized carbons (Fsp3) is 1.00. The van der Waals surface area contributed by atoms with E-state index in [0.717, 1.165) is 6.42 Å². The van der Waals surface area contributed by atoms with Crippen LogP contribution in [0.15, 0.2) is 0 Å². The average Bonchev–Trinajstić information content (AvgIpc) is 2.27. The van der Waals surface area contributed by atoms with Crippen molar-refractivity contribution in [2.24, 2.45) is 23.0 Å². The van der Waals surface area contributed by atoms with Crippen molar-refractivity contribution in [1.29, 1.82) is 0 Å². The Balaban J connectivity index is 0.00000361. The van der Waals surface area contributed by atoms with Crippen molar-refractivity contribution >= 4 is 22.6 Å². The van der Waals surface area contributed by atoms with Gasteiger partial charge in [-0.1, -0.05) is 27.7 Å². The molecule has 2 atom stereocenters. The van der Waals surface area contributed by atoms with Crippen LogP contribution in [0.3, 0.4) is 0 Å². The fourth-order valence-electron chi connectivity index (χ4n) is 2.74. The molecule has 1 heterocycles. The van der Waals surface area contributed by atoms with E-state index in [9.17, 15) is 8.42 Å². The van der Waals surface area contributed by atoms with E-state index < -0.39 is 10.2 Å². The summed E-state index contributed by atoms with van der Waals surface area (Å²) in [5.41, 5.74) is 5.49. The molecule has 1 aliphatic rings. The first-order chi connectivity index (χ1) is 8.58. The van der Waals surface area contributed by atoms with E-state index in [0.29, 0.717) is 38.0 Å². The third kappa shape index (κ3) is 5.15. The lowest BCUT2D eigenvalue weighted by molar-refractivity contribution is 0.203. The Morgan fingerprint density at radius 1 is 1.25 bits per heavy atom. The topological polar surface area (TPSA) is 66.6 Å². The van der Waals surface area contributed by atoms with E-state index in [1.165, 1.54) is 4.31 Å². The first kappa shape index (κ1) is 20.1. The van der Waals surface area contributed by atoms with Gasteiger partial charge in [-0.2, -0.15) is 17.0 Å².